The van der Waals surface area contributed by atoms with Gasteiger partial charge in [0.05, 0.1) is 11.9 Å². The zero-order chi connectivity index (χ0) is 25.0. The topological polar surface area (TPSA) is 66.2 Å². The van der Waals surface area contributed by atoms with E-state index >= 15 is 0 Å². The molecule has 2 aliphatic rings. The van der Waals surface area contributed by atoms with Crippen molar-refractivity contribution in [1.29, 1.82) is 0 Å². The molecule has 1 saturated heterocycles. The molecule has 0 bridgehead atoms. The molecule has 1 fully saturated rings. The van der Waals surface area contributed by atoms with Crippen molar-refractivity contribution in [2.45, 2.75) is 52.5 Å². The monoisotopic (exact) mass is 487 g/mol. The molecule has 192 valence electrons. The van der Waals surface area contributed by atoms with Crippen LogP contribution in [0.1, 0.15) is 50.1 Å². The number of hydrogen-bond acceptors (Lipinski definition) is 6. The molecule has 0 atom stereocenters. The molecule has 0 radical (unpaired) electrons. The molecule has 0 unspecified atom stereocenters. The lowest BCUT2D eigenvalue weighted by Gasteiger charge is -2.27. The SMILES string of the molecule is CC.c1ccc2c(c1)oc1cnc(CNCCCN3CCNCC3)cc12.c1cnc2c(c1)CCCC2. The van der Waals surface area contributed by atoms with Gasteiger partial charge in [0.1, 0.15) is 5.58 Å². The van der Waals surface area contributed by atoms with Gasteiger partial charge in [0, 0.05) is 55.4 Å². The summed E-state index contributed by atoms with van der Waals surface area (Å²) in [5.74, 6) is 0. The molecule has 6 rings (SSSR count). The highest BCUT2D eigenvalue weighted by atomic mass is 16.3. The van der Waals surface area contributed by atoms with Crippen molar-refractivity contribution in [2.75, 3.05) is 39.3 Å². The van der Waals surface area contributed by atoms with Gasteiger partial charge >= 0.3 is 0 Å². The lowest BCUT2D eigenvalue weighted by atomic mass is 9.96. The van der Waals surface area contributed by atoms with Crippen molar-refractivity contribution < 1.29 is 4.42 Å². The summed E-state index contributed by atoms with van der Waals surface area (Å²) < 4.78 is 5.82. The van der Waals surface area contributed by atoms with Crippen LogP contribution < -0.4 is 10.6 Å². The second-order valence-corrected chi connectivity index (χ2v) is 9.21. The largest absolute Gasteiger partial charge is 0.454 e. The Labute approximate surface area is 215 Å². The van der Waals surface area contributed by atoms with Crippen molar-refractivity contribution in [3.05, 3.63) is 71.8 Å². The van der Waals surface area contributed by atoms with Crippen LogP contribution in [0.4, 0.5) is 0 Å². The first-order valence-corrected chi connectivity index (χ1v) is 13.7. The Hall–Kier alpha value is -2.80. The summed E-state index contributed by atoms with van der Waals surface area (Å²) in [4.78, 5) is 11.4. The van der Waals surface area contributed by atoms with Crippen LogP contribution in [-0.2, 0) is 19.4 Å². The molecular weight excluding hydrogens is 446 g/mol. The van der Waals surface area contributed by atoms with Gasteiger partial charge in [-0.25, -0.2) is 0 Å². The molecule has 0 saturated carbocycles. The summed E-state index contributed by atoms with van der Waals surface area (Å²) in [6.45, 7) is 11.6. The zero-order valence-electron chi connectivity index (χ0n) is 21.9. The van der Waals surface area contributed by atoms with Gasteiger partial charge in [0.15, 0.2) is 5.58 Å². The maximum Gasteiger partial charge on any atom is 0.153 e. The minimum absolute atomic E-state index is 0.803. The van der Waals surface area contributed by atoms with E-state index in [1.165, 1.54) is 63.0 Å². The maximum atomic E-state index is 5.82. The Bertz CT molecular complexity index is 1170. The van der Waals surface area contributed by atoms with E-state index in [0.29, 0.717) is 0 Å². The summed E-state index contributed by atoms with van der Waals surface area (Å²) in [5, 5.41) is 9.21. The molecule has 6 nitrogen and oxygen atoms in total. The minimum atomic E-state index is 0.803. The highest BCUT2D eigenvalue weighted by Crippen LogP contribution is 2.28. The number of rotatable bonds is 6. The fraction of sp³-hybridized carbons (Fsp3) is 0.467. The second kappa shape index (κ2) is 14.1. The number of nitrogens with zero attached hydrogens (tertiary/aromatic N) is 3. The van der Waals surface area contributed by atoms with E-state index in [4.69, 9.17) is 4.42 Å². The number of benzene rings is 1. The van der Waals surface area contributed by atoms with E-state index in [-0.39, 0.29) is 0 Å². The number of fused-ring (bicyclic) bond motifs is 4. The van der Waals surface area contributed by atoms with Gasteiger partial charge in [-0.3, -0.25) is 9.97 Å². The van der Waals surface area contributed by atoms with Crippen molar-refractivity contribution in [2.24, 2.45) is 0 Å². The van der Waals surface area contributed by atoms with E-state index in [1.807, 2.05) is 50.5 Å². The van der Waals surface area contributed by atoms with Crippen molar-refractivity contribution in [1.82, 2.24) is 25.5 Å². The number of aromatic nitrogens is 2. The van der Waals surface area contributed by atoms with Crippen LogP contribution in [0.3, 0.4) is 0 Å². The van der Waals surface area contributed by atoms with Crippen LogP contribution in [0.15, 0.2) is 59.3 Å². The van der Waals surface area contributed by atoms with Gasteiger partial charge in [-0.05, 0) is 69.0 Å². The second-order valence-electron chi connectivity index (χ2n) is 9.21. The average molecular weight is 488 g/mol. The Balaban J connectivity index is 0.000000211. The Morgan fingerprint density at radius 2 is 1.78 bits per heavy atom. The molecule has 0 amide bonds. The molecule has 1 aliphatic carbocycles. The quantitative estimate of drug-likeness (QED) is 0.357. The summed E-state index contributed by atoms with van der Waals surface area (Å²) in [5.41, 5.74) is 5.65. The Morgan fingerprint density at radius 3 is 2.64 bits per heavy atom. The predicted octanol–water partition coefficient (Wildman–Crippen LogP) is 5.35. The fourth-order valence-corrected chi connectivity index (χ4v) is 4.88. The van der Waals surface area contributed by atoms with Gasteiger partial charge in [0.2, 0.25) is 0 Å². The molecule has 1 aromatic carbocycles. The molecule has 4 heterocycles. The average Bonchev–Trinajstić information content (AvgIpc) is 3.33. The number of nitrogens with one attached hydrogen (secondary N) is 2. The van der Waals surface area contributed by atoms with Crippen LogP contribution >= 0.6 is 0 Å². The fourth-order valence-electron chi connectivity index (χ4n) is 4.88. The number of para-hydroxylation sites is 1. The van der Waals surface area contributed by atoms with E-state index in [2.05, 4.69) is 43.7 Å². The van der Waals surface area contributed by atoms with Crippen LogP contribution in [0.25, 0.3) is 21.9 Å². The van der Waals surface area contributed by atoms with Crippen LogP contribution in [0.5, 0.6) is 0 Å². The highest BCUT2D eigenvalue weighted by Gasteiger charge is 2.10. The normalized spacial score (nSPS) is 15.5. The first-order valence-electron chi connectivity index (χ1n) is 13.7. The third kappa shape index (κ3) is 7.12. The molecule has 36 heavy (non-hydrogen) atoms. The Kier molecular flexibility index (Phi) is 10.3. The number of hydrogen-bond donors (Lipinski definition) is 2. The van der Waals surface area contributed by atoms with Crippen LogP contribution in [0, 0.1) is 0 Å². The lowest BCUT2D eigenvalue weighted by Crippen LogP contribution is -2.44. The molecule has 4 aromatic rings. The first-order chi connectivity index (χ1) is 17.9. The van der Waals surface area contributed by atoms with Gasteiger partial charge in [-0.15, -0.1) is 0 Å². The summed E-state index contributed by atoms with van der Waals surface area (Å²) >= 11 is 0. The van der Waals surface area contributed by atoms with Gasteiger partial charge < -0.3 is 20.0 Å². The summed E-state index contributed by atoms with van der Waals surface area (Å²) in [6, 6.07) is 14.5. The highest BCUT2D eigenvalue weighted by molar-refractivity contribution is 6.04. The van der Waals surface area contributed by atoms with Crippen molar-refractivity contribution >= 4 is 21.9 Å². The summed E-state index contributed by atoms with van der Waals surface area (Å²) in [6.07, 6.45) is 10.0. The van der Waals surface area contributed by atoms with Crippen LogP contribution in [0.2, 0.25) is 0 Å². The van der Waals surface area contributed by atoms with Crippen molar-refractivity contribution in [3.63, 3.8) is 0 Å². The van der Waals surface area contributed by atoms with Crippen molar-refractivity contribution in [3.8, 4) is 0 Å². The standard InChI is InChI=1S/C19H24N4O.C9H11N.C2H6/c1-2-5-18-16(4-1)17-12-15(22-14-19(17)24-18)13-21-6-3-9-23-10-7-20-8-11-23;1-2-6-9-8(4-1)5-3-7-10-9;1-2/h1-2,4-5,12,14,20-21H,3,6-11,13H2;3,5,7H,1-2,4,6H2;1-2H3. The number of pyridine rings is 2. The lowest BCUT2D eigenvalue weighted by molar-refractivity contribution is 0.237. The molecule has 3 aromatic heterocycles. The predicted molar refractivity (Wildman–Crippen MR) is 149 cm³/mol. The maximum absolute atomic E-state index is 5.82. The zero-order valence-corrected chi connectivity index (χ0v) is 21.9. The smallest absolute Gasteiger partial charge is 0.153 e. The summed E-state index contributed by atoms with van der Waals surface area (Å²) in [7, 11) is 0. The third-order valence-electron chi connectivity index (χ3n) is 6.76. The van der Waals surface area contributed by atoms with Gasteiger partial charge in [-0.1, -0.05) is 38.1 Å². The first kappa shape index (κ1) is 26.3. The number of aryl methyl sites for hydroxylation is 2. The molecule has 6 heteroatoms. The van der Waals surface area contributed by atoms with E-state index in [0.717, 1.165) is 53.8 Å². The third-order valence-corrected chi connectivity index (χ3v) is 6.76. The van der Waals surface area contributed by atoms with Gasteiger partial charge in [0.25, 0.3) is 0 Å². The van der Waals surface area contributed by atoms with E-state index in [9.17, 15) is 0 Å². The minimum Gasteiger partial charge on any atom is -0.454 e. The molecule has 2 N–H and O–H groups in total. The molecular formula is C30H41N5O. The number of piperazine rings is 1. The molecule has 1 aliphatic heterocycles. The van der Waals surface area contributed by atoms with E-state index in [1.54, 1.807) is 0 Å². The van der Waals surface area contributed by atoms with Crippen LogP contribution in [-0.4, -0.2) is 54.1 Å². The van der Waals surface area contributed by atoms with E-state index < -0.39 is 0 Å². The Morgan fingerprint density at radius 1 is 0.944 bits per heavy atom. The molecule has 0 spiro atoms. The van der Waals surface area contributed by atoms with Gasteiger partial charge in [-0.2, -0.15) is 0 Å². The number of furan rings is 1.